The first-order valence-electron chi connectivity index (χ1n) is 12.2. The zero-order chi connectivity index (χ0) is 25.8. The van der Waals surface area contributed by atoms with Crippen LogP contribution in [0.2, 0.25) is 0 Å². The molecule has 192 valence electrons. The lowest BCUT2D eigenvalue weighted by molar-refractivity contribution is -0.122. The molecule has 0 unspecified atom stereocenters. The van der Waals surface area contributed by atoms with Gasteiger partial charge in [0.1, 0.15) is 11.6 Å². The van der Waals surface area contributed by atoms with Gasteiger partial charge in [0.25, 0.3) is 0 Å². The van der Waals surface area contributed by atoms with Gasteiger partial charge in [0.05, 0.1) is 42.4 Å². The van der Waals surface area contributed by atoms with Gasteiger partial charge >= 0.3 is 0 Å². The van der Waals surface area contributed by atoms with E-state index in [-0.39, 0.29) is 17.8 Å². The summed E-state index contributed by atoms with van der Waals surface area (Å²) in [6.45, 7) is 4.34. The van der Waals surface area contributed by atoms with Crippen LogP contribution in [0.4, 0.5) is 23.3 Å². The summed E-state index contributed by atoms with van der Waals surface area (Å²) < 4.78 is 5.06. The number of amides is 1. The second-order valence-electron chi connectivity index (χ2n) is 8.26. The van der Waals surface area contributed by atoms with Gasteiger partial charge in [-0.25, -0.2) is 9.97 Å². The lowest BCUT2D eigenvalue weighted by atomic mass is 10.2. The van der Waals surface area contributed by atoms with Crippen molar-refractivity contribution in [1.29, 1.82) is 5.41 Å². The van der Waals surface area contributed by atoms with Crippen LogP contribution in [0.15, 0.2) is 18.5 Å². The highest BCUT2D eigenvalue weighted by atomic mass is 16.5. The fraction of sp³-hybridized carbons (Fsp3) is 0.480. The van der Waals surface area contributed by atoms with Crippen LogP contribution in [0.1, 0.15) is 50.2 Å². The number of hydrogen-bond acceptors (Lipinski definition) is 10. The molecule has 11 nitrogen and oxygen atoms in total. The Balaban J connectivity index is 1.63. The van der Waals surface area contributed by atoms with Gasteiger partial charge in [-0.3, -0.25) is 10.2 Å². The molecule has 0 bridgehead atoms. The van der Waals surface area contributed by atoms with E-state index in [4.69, 9.17) is 10.1 Å². The highest BCUT2D eigenvalue weighted by Crippen LogP contribution is 2.21. The van der Waals surface area contributed by atoms with Crippen molar-refractivity contribution in [3.63, 3.8) is 0 Å². The van der Waals surface area contributed by atoms with Gasteiger partial charge in [-0.2, -0.15) is 4.98 Å². The van der Waals surface area contributed by atoms with Crippen molar-refractivity contribution in [2.24, 2.45) is 0 Å². The summed E-state index contributed by atoms with van der Waals surface area (Å²) >= 11 is 0. The number of nitrogens with zero attached hydrogens (tertiary/aromatic N) is 3. The van der Waals surface area contributed by atoms with Crippen LogP contribution in [0.5, 0.6) is 0 Å². The van der Waals surface area contributed by atoms with Crippen LogP contribution in [0, 0.1) is 17.3 Å². The molecule has 1 aliphatic heterocycles. The number of rotatable bonds is 11. The summed E-state index contributed by atoms with van der Waals surface area (Å²) in [5.74, 6) is 7.95. The first-order valence-corrected chi connectivity index (χ1v) is 12.2. The van der Waals surface area contributed by atoms with E-state index in [2.05, 4.69) is 60.3 Å². The van der Waals surface area contributed by atoms with E-state index >= 15 is 0 Å². The number of nitrogens with one attached hydrogen (secondary N) is 6. The summed E-state index contributed by atoms with van der Waals surface area (Å²) in [4.78, 5) is 25.4. The number of anilines is 4. The number of methoxy groups -OCH3 is 1. The predicted octanol–water partition coefficient (Wildman–Crippen LogP) is 2.45. The van der Waals surface area contributed by atoms with Crippen LogP contribution in [0.25, 0.3) is 0 Å². The molecule has 3 heterocycles. The molecule has 2 aromatic rings. The predicted molar refractivity (Wildman–Crippen MR) is 142 cm³/mol. The van der Waals surface area contributed by atoms with E-state index < -0.39 is 0 Å². The molecule has 3 rings (SSSR count). The Morgan fingerprint density at radius 2 is 2.14 bits per heavy atom. The SMILES string of the molecule is CCCNc1nc(Nc2cnc(NC)c(C(=N)OC)c2)ncc1C#CCCCNC(=O)[C@@H]1CCCN1. The third-order valence-corrected chi connectivity index (χ3v) is 5.54. The van der Waals surface area contributed by atoms with Gasteiger partial charge in [0, 0.05) is 26.6 Å². The minimum absolute atomic E-state index is 0.00195. The first kappa shape index (κ1) is 26.7. The van der Waals surface area contributed by atoms with E-state index in [1.807, 2.05) is 0 Å². The molecule has 1 fully saturated rings. The Hall–Kier alpha value is -3.91. The van der Waals surface area contributed by atoms with Crippen LogP contribution < -0.4 is 26.6 Å². The molecule has 0 aromatic carbocycles. The second kappa shape index (κ2) is 13.8. The first-order chi connectivity index (χ1) is 17.5. The van der Waals surface area contributed by atoms with E-state index in [9.17, 15) is 4.79 Å². The second-order valence-corrected chi connectivity index (χ2v) is 8.26. The lowest BCUT2D eigenvalue weighted by Gasteiger charge is -2.12. The Labute approximate surface area is 212 Å². The van der Waals surface area contributed by atoms with Crippen LogP contribution in [-0.2, 0) is 9.53 Å². The zero-order valence-electron chi connectivity index (χ0n) is 21.1. The molecule has 1 amide bonds. The molecule has 6 N–H and O–H groups in total. The van der Waals surface area contributed by atoms with E-state index in [1.165, 1.54) is 7.11 Å². The van der Waals surface area contributed by atoms with Gasteiger partial charge in [0.15, 0.2) is 0 Å². The highest BCUT2D eigenvalue weighted by Gasteiger charge is 2.21. The topological polar surface area (TPSA) is 149 Å². The Morgan fingerprint density at radius 3 is 2.86 bits per heavy atom. The van der Waals surface area contributed by atoms with Crippen LogP contribution in [-0.4, -0.2) is 66.6 Å². The van der Waals surface area contributed by atoms with Gasteiger partial charge in [-0.15, -0.1) is 0 Å². The van der Waals surface area contributed by atoms with Gasteiger partial charge in [0.2, 0.25) is 17.8 Å². The number of aromatic nitrogens is 3. The highest BCUT2D eigenvalue weighted by molar-refractivity contribution is 5.97. The number of ether oxygens (including phenoxy) is 1. The van der Waals surface area contributed by atoms with Gasteiger partial charge in [-0.1, -0.05) is 18.8 Å². The minimum atomic E-state index is -0.0525. The monoisotopic (exact) mass is 493 g/mol. The molecular formula is C25H35N9O2. The number of pyridine rings is 1. The summed E-state index contributed by atoms with van der Waals surface area (Å²) in [5, 5.41) is 23.6. The number of carbonyl (C=O) groups is 1. The van der Waals surface area contributed by atoms with E-state index in [0.717, 1.165) is 38.8 Å². The minimum Gasteiger partial charge on any atom is -0.481 e. The quantitative estimate of drug-likeness (QED) is 0.120. The molecule has 1 aliphatic rings. The molecule has 1 atom stereocenters. The molecule has 0 spiro atoms. The fourth-order valence-corrected chi connectivity index (χ4v) is 3.63. The molecule has 0 aliphatic carbocycles. The maximum atomic E-state index is 12.0. The molecule has 11 heteroatoms. The van der Waals surface area contributed by atoms with Gasteiger partial charge in [-0.05, 0) is 38.3 Å². The van der Waals surface area contributed by atoms with Crippen LogP contribution >= 0.6 is 0 Å². The van der Waals surface area contributed by atoms with Gasteiger partial charge < -0.3 is 31.3 Å². The third kappa shape index (κ3) is 7.55. The largest absolute Gasteiger partial charge is 0.481 e. The Morgan fingerprint density at radius 1 is 1.28 bits per heavy atom. The van der Waals surface area contributed by atoms with E-state index in [1.54, 1.807) is 25.5 Å². The van der Waals surface area contributed by atoms with Crippen molar-refractivity contribution < 1.29 is 9.53 Å². The van der Waals surface area contributed by atoms with Crippen molar-refractivity contribution >= 4 is 35.1 Å². The van der Waals surface area contributed by atoms with Crippen molar-refractivity contribution in [1.82, 2.24) is 25.6 Å². The standard InChI is InChI=1S/C25H35N9O2/c1-4-11-29-22-17(9-6-5-7-12-30-24(35)20-10-8-13-28-20)15-32-25(34-22)33-18-14-19(21(26)36-3)23(27-2)31-16-18/h14-16,20,26,28H,4-5,7-8,10-13H2,1-3H3,(H,27,31)(H,30,35)(H2,29,32,33,34)/t20-/m0/s1. The molecule has 36 heavy (non-hydrogen) atoms. The number of carbonyl (C=O) groups excluding carboxylic acids is 1. The summed E-state index contributed by atoms with van der Waals surface area (Å²) in [6, 6.07) is 1.70. The third-order valence-electron chi connectivity index (χ3n) is 5.54. The average Bonchev–Trinajstić information content (AvgIpc) is 3.45. The number of hydrogen-bond donors (Lipinski definition) is 6. The van der Waals surface area contributed by atoms with Crippen molar-refractivity contribution in [3.05, 3.63) is 29.6 Å². The summed E-state index contributed by atoms with van der Waals surface area (Å²) in [5.41, 5.74) is 1.85. The summed E-state index contributed by atoms with van der Waals surface area (Å²) in [6.07, 6.45) is 7.64. The lowest BCUT2D eigenvalue weighted by Crippen LogP contribution is -2.40. The number of unbranched alkanes of at least 4 members (excludes halogenated alkanes) is 1. The average molecular weight is 494 g/mol. The van der Waals surface area contributed by atoms with Crippen molar-refractivity contribution in [2.45, 2.75) is 45.1 Å². The van der Waals surface area contributed by atoms with E-state index in [0.29, 0.717) is 47.4 Å². The normalized spacial score (nSPS) is 14.4. The smallest absolute Gasteiger partial charge is 0.237 e. The summed E-state index contributed by atoms with van der Waals surface area (Å²) in [7, 11) is 3.18. The molecule has 0 saturated carbocycles. The van der Waals surface area contributed by atoms with Crippen LogP contribution in [0.3, 0.4) is 0 Å². The molecule has 2 aromatic heterocycles. The molecular weight excluding hydrogens is 458 g/mol. The molecule has 1 saturated heterocycles. The zero-order valence-corrected chi connectivity index (χ0v) is 21.1. The van der Waals surface area contributed by atoms with Crippen molar-refractivity contribution in [3.8, 4) is 11.8 Å². The fourth-order valence-electron chi connectivity index (χ4n) is 3.63. The Bertz CT molecular complexity index is 1100. The molecule has 0 radical (unpaired) electrons. The maximum absolute atomic E-state index is 12.0. The van der Waals surface area contributed by atoms with Crippen molar-refractivity contribution in [2.75, 3.05) is 49.7 Å². The maximum Gasteiger partial charge on any atom is 0.237 e. The Kier molecular flexibility index (Phi) is 10.3.